The lowest BCUT2D eigenvalue weighted by Gasteiger charge is -2.17. The van der Waals surface area contributed by atoms with Gasteiger partial charge in [-0.15, -0.1) is 0 Å². The Morgan fingerprint density at radius 3 is 2.45 bits per heavy atom. The molecule has 0 rings (SSSR count). The Morgan fingerprint density at radius 2 is 2.18 bits per heavy atom. The minimum absolute atomic E-state index is 0.279. The normalized spacial score (nSPS) is 13.0. The highest BCUT2D eigenvalue weighted by Gasteiger charge is 2.31. The monoisotopic (exact) mass is 216 g/mol. The molecule has 0 aromatic heterocycles. The molecule has 11 heavy (non-hydrogen) atoms. The van der Waals surface area contributed by atoms with Gasteiger partial charge in [0.05, 0.1) is 0 Å². The van der Waals surface area contributed by atoms with Crippen LogP contribution in [0.5, 0.6) is 0 Å². The number of carbonyl (C=O) groups is 1. The number of rotatable bonds is 3. The van der Waals surface area contributed by atoms with Gasteiger partial charge in [0, 0.05) is 4.91 Å². The molecule has 0 spiro atoms. The van der Waals surface area contributed by atoms with Crippen molar-refractivity contribution >= 4 is 41.2 Å². The van der Waals surface area contributed by atoms with Crippen LogP contribution in [0.1, 0.15) is 0 Å². The van der Waals surface area contributed by atoms with Crippen molar-refractivity contribution in [3.63, 3.8) is 0 Å². The third-order valence-corrected chi connectivity index (χ3v) is 1.32. The van der Waals surface area contributed by atoms with Crippen LogP contribution >= 0.6 is 34.8 Å². The van der Waals surface area contributed by atoms with E-state index in [1.165, 1.54) is 0 Å². The molecule has 1 atom stereocenters. The molecule has 0 bridgehead atoms. The number of hydrogen-bond donors (Lipinski definition) is 1. The summed E-state index contributed by atoms with van der Waals surface area (Å²) < 4.78 is -1.83. The average molecular weight is 217 g/mol. The summed E-state index contributed by atoms with van der Waals surface area (Å²) >= 11 is 15.9. The highest BCUT2D eigenvalue weighted by atomic mass is 35.6. The summed E-state index contributed by atoms with van der Waals surface area (Å²) in [5.41, 5.74) is 7.95. The first kappa shape index (κ1) is 10.7. The lowest BCUT2D eigenvalue weighted by molar-refractivity contribution is -0.110. The molecule has 0 aliphatic carbocycles. The van der Waals surface area contributed by atoms with E-state index in [9.17, 15) is 4.79 Å². The molecular formula is C3H3Cl3N4O. The molecule has 1 amide bonds. The number of amides is 1. The molecule has 0 aromatic carbocycles. The van der Waals surface area contributed by atoms with Gasteiger partial charge in [-0.25, -0.2) is 0 Å². The van der Waals surface area contributed by atoms with Crippen LogP contribution in [0.15, 0.2) is 5.11 Å². The van der Waals surface area contributed by atoms with Crippen molar-refractivity contribution in [3.05, 3.63) is 10.4 Å². The van der Waals surface area contributed by atoms with Crippen LogP contribution in [0.25, 0.3) is 10.4 Å². The van der Waals surface area contributed by atoms with Crippen molar-refractivity contribution in [1.29, 1.82) is 0 Å². The summed E-state index contributed by atoms with van der Waals surface area (Å²) in [6, 6.07) is 0. The Bertz CT molecular complexity index is 184. The quantitative estimate of drug-likeness (QED) is 0.252. The fraction of sp³-hybridized carbons (Fsp3) is 0.667. The Labute approximate surface area is 77.2 Å². The number of hydrogen-bond acceptors (Lipinski definition) is 2. The molecule has 0 heterocycles. The van der Waals surface area contributed by atoms with Crippen molar-refractivity contribution in [3.8, 4) is 0 Å². The summed E-state index contributed by atoms with van der Waals surface area (Å²) in [6.45, 7) is 0. The number of nitrogens with zero attached hydrogens (tertiary/aromatic N) is 3. The van der Waals surface area contributed by atoms with Crippen LogP contribution in [0.4, 0.5) is 0 Å². The highest BCUT2D eigenvalue weighted by Crippen LogP contribution is 2.30. The number of azide groups is 1. The predicted octanol–water partition coefficient (Wildman–Crippen LogP) is 1.74. The van der Waals surface area contributed by atoms with Crippen LogP contribution < -0.4 is 5.32 Å². The minimum atomic E-state index is -1.83. The highest BCUT2D eigenvalue weighted by molar-refractivity contribution is 6.68. The summed E-state index contributed by atoms with van der Waals surface area (Å²) in [5, 5.41) is 5.05. The molecule has 0 fully saturated rings. The van der Waals surface area contributed by atoms with E-state index in [-0.39, 0.29) is 6.41 Å². The summed E-state index contributed by atoms with van der Waals surface area (Å²) in [4.78, 5) is 12.2. The van der Waals surface area contributed by atoms with Gasteiger partial charge in [-0.1, -0.05) is 39.9 Å². The van der Waals surface area contributed by atoms with Crippen LogP contribution in [0.2, 0.25) is 0 Å². The maximum atomic E-state index is 9.87. The zero-order valence-electron chi connectivity index (χ0n) is 5.04. The molecule has 0 aliphatic rings. The lowest BCUT2D eigenvalue weighted by atomic mass is 10.6. The molecule has 8 heteroatoms. The predicted molar refractivity (Wildman–Crippen MR) is 42.4 cm³/mol. The topological polar surface area (TPSA) is 77.9 Å². The molecule has 1 N–H and O–H groups in total. The summed E-state index contributed by atoms with van der Waals surface area (Å²) in [5.74, 6) is 0. The van der Waals surface area contributed by atoms with Gasteiger partial charge in [0.25, 0.3) is 0 Å². The van der Waals surface area contributed by atoms with Crippen LogP contribution in [0, 0.1) is 0 Å². The van der Waals surface area contributed by atoms with Crippen LogP contribution in [-0.4, -0.2) is 16.4 Å². The van der Waals surface area contributed by atoms with E-state index in [1.54, 1.807) is 0 Å². The van der Waals surface area contributed by atoms with Gasteiger partial charge in [-0.05, 0) is 5.53 Å². The second kappa shape index (κ2) is 4.51. The zero-order chi connectivity index (χ0) is 8.91. The molecular weight excluding hydrogens is 214 g/mol. The smallest absolute Gasteiger partial charge is 0.216 e. The van der Waals surface area contributed by atoms with E-state index in [4.69, 9.17) is 40.3 Å². The average Bonchev–Trinajstić information content (AvgIpc) is 1.85. The third kappa shape index (κ3) is 4.16. The SMILES string of the molecule is [N-]=[N+]=NC(NC=O)C(Cl)(Cl)Cl. The van der Waals surface area contributed by atoms with Gasteiger partial charge >= 0.3 is 0 Å². The molecule has 62 valence electrons. The number of halogens is 3. The van der Waals surface area contributed by atoms with Crippen LogP contribution in [0.3, 0.4) is 0 Å². The number of carbonyl (C=O) groups excluding carboxylic acids is 1. The minimum Gasteiger partial charge on any atom is -0.346 e. The summed E-state index contributed by atoms with van der Waals surface area (Å²) in [6.07, 6.45) is -0.906. The fourth-order valence-corrected chi connectivity index (χ4v) is 0.629. The fourth-order valence-electron chi connectivity index (χ4n) is 0.309. The first-order valence-corrected chi connectivity index (χ1v) is 3.46. The zero-order valence-corrected chi connectivity index (χ0v) is 7.31. The maximum absolute atomic E-state index is 9.87. The standard InChI is InChI=1S/C3H3Cl3N4O/c4-3(5,6)2(8-1-11)9-10-7/h1-2H,(H,8,11). The Morgan fingerprint density at radius 1 is 1.64 bits per heavy atom. The van der Waals surface area contributed by atoms with Crippen molar-refractivity contribution in [2.45, 2.75) is 9.96 Å². The Hall–Kier alpha value is -0.350. The van der Waals surface area contributed by atoms with Gasteiger partial charge < -0.3 is 5.32 Å². The van der Waals surface area contributed by atoms with Crippen LogP contribution in [-0.2, 0) is 4.79 Å². The second-order valence-corrected chi connectivity index (χ2v) is 3.80. The molecule has 5 nitrogen and oxygen atoms in total. The lowest BCUT2D eigenvalue weighted by Crippen LogP contribution is -2.37. The molecule has 0 saturated carbocycles. The second-order valence-electron chi connectivity index (χ2n) is 1.43. The summed E-state index contributed by atoms with van der Waals surface area (Å²) in [7, 11) is 0. The van der Waals surface area contributed by atoms with E-state index in [2.05, 4.69) is 10.0 Å². The molecule has 0 radical (unpaired) electrons. The molecule has 0 aliphatic heterocycles. The van der Waals surface area contributed by atoms with E-state index in [1.807, 2.05) is 5.32 Å². The maximum Gasteiger partial charge on any atom is 0.216 e. The van der Waals surface area contributed by atoms with Gasteiger partial charge in [0.15, 0.2) is 6.17 Å². The Kier molecular flexibility index (Phi) is 4.37. The first-order valence-electron chi connectivity index (χ1n) is 2.33. The Balaban J connectivity index is 4.32. The van der Waals surface area contributed by atoms with Gasteiger partial charge in [-0.3, -0.25) is 4.79 Å². The van der Waals surface area contributed by atoms with Crippen molar-refractivity contribution < 1.29 is 4.79 Å². The molecule has 0 saturated heterocycles. The van der Waals surface area contributed by atoms with Gasteiger partial charge in [0.2, 0.25) is 10.2 Å². The van der Waals surface area contributed by atoms with E-state index >= 15 is 0 Å². The number of alkyl halides is 3. The first-order chi connectivity index (χ1) is 5.02. The van der Waals surface area contributed by atoms with E-state index < -0.39 is 9.96 Å². The van der Waals surface area contributed by atoms with E-state index in [0.29, 0.717) is 0 Å². The van der Waals surface area contributed by atoms with Crippen molar-refractivity contribution in [2.24, 2.45) is 5.11 Å². The van der Waals surface area contributed by atoms with E-state index in [0.717, 1.165) is 0 Å². The number of nitrogens with one attached hydrogen (secondary N) is 1. The largest absolute Gasteiger partial charge is 0.346 e. The third-order valence-electron chi connectivity index (χ3n) is 0.703. The van der Waals surface area contributed by atoms with Gasteiger partial charge in [-0.2, -0.15) is 0 Å². The van der Waals surface area contributed by atoms with Crippen molar-refractivity contribution in [2.75, 3.05) is 0 Å². The van der Waals surface area contributed by atoms with Gasteiger partial charge in [0.1, 0.15) is 0 Å². The molecule has 0 aromatic rings. The molecule has 1 unspecified atom stereocenters. The van der Waals surface area contributed by atoms with Crippen molar-refractivity contribution in [1.82, 2.24) is 5.32 Å².